The first-order valence-electron chi connectivity index (χ1n) is 10.7. The van der Waals surface area contributed by atoms with Gasteiger partial charge < -0.3 is 44.5 Å². The zero-order valence-electron chi connectivity index (χ0n) is 18.4. The molecule has 10 nitrogen and oxygen atoms in total. The molecule has 0 bridgehead atoms. The van der Waals surface area contributed by atoms with Gasteiger partial charge in [-0.05, 0) is 29.8 Å². The first-order valence-corrected chi connectivity index (χ1v) is 10.7. The number of carbonyl (C=O) groups is 1. The first-order chi connectivity index (χ1) is 16.8. The minimum Gasteiger partial charge on any atom is -0.508 e. The molecule has 2 aliphatic heterocycles. The molecule has 0 amide bonds. The molecule has 0 fully saturated rings. The quantitative estimate of drug-likeness (QED) is 0.374. The highest BCUT2D eigenvalue weighted by Crippen LogP contribution is 2.45. The standard InChI is InChI=1S/C25H22O10/c1-32-17-6-11(2-4-14(17)28)24-20(10-26)33-16-5-3-12(7-18(16)34-24)25-23(31)22(30)21-15(29)8-13(27)9-19(21)35-25/h2-9,20,23-29,31H,10H2,1H3/t20-,23+,24+,25-/m0/s1. The minimum atomic E-state index is -1.62. The van der Waals surface area contributed by atoms with Gasteiger partial charge in [-0.1, -0.05) is 12.1 Å². The first kappa shape index (κ1) is 22.6. The van der Waals surface area contributed by atoms with E-state index in [4.69, 9.17) is 18.9 Å². The molecule has 10 heteroatoms. The Hall–Kier alpha value is -4.15. The lowest BCUT2D eigenvalue weighted by Gasteiger charge is -2.35. The number of Topliss-reactive ketones (excluding diaryl/α,β-unsaturated/α-hetero) is 1. The van der Waals surface area contributed by atoms with E-state index >= 15 is 0 Å². The fraction of sp³-hybridized carbons (Fsp3) is 0.240. The lowest BCUT2D eigenvalue weighted by atomic mass is 9.92. The third-order valence-corrected chi connectivity index (χ3v) is 6.00. The van der Waals surface area contributed by atoms with E-state index < -0.39 is 35.9 Å². The Bertz CT molecular complexity index is 1300. The van der Waals surface area contributed by atoms with Gasteiger partial charge in [-0.3, -0.25) is 4.79 Å². The van der Waals surface area contributed by atoms with Crippen molar-refractivity contribution < 1.29 is 49.3 Å². The van der Waals surface area contributed by atoms with Crippen molar-refractivity contribution in [3.8, 4) is 40.2 Å². The summed E-state index contributed by atoms with van der Waals surface area (Å²) in [5.41, 5.74) is 0.751. The van der Waals surface area contributed by atoms with Crippen LogP contribution >= 0.6 is 0 Å². The number of phenols is 3. The molecule has 5 rings (SSSR count). The Labute approximate surface area is 199 Å². The smallest absolute Gasteiger partial charge is 0.202 e. The molecule has 0 radical (unpaired) electrons. The van der Waals surface area contributed by atoms with Crippen LogP contribution < -0.4 is 18.9 Å². The number of hydrogen-bond donors (Lipinski definition) is 5. The lowest BCUT2D eigenvalue weighted by Crippen LogP contribution is -2.37. The van der Waals surface area contributed by atoms with Gasteiger partial charge in [0.15, 0.2) is 47.4 Å². The van der Waals surface area contributed by atoms with Gasteiger partial charge in [0, 0.05) is 17.7 Å². The van der Waals surface area contributed by atoms with E-state index in [1.54, 1.807) is 30.3 Å². The summed E-state index contributed by atoms with van der Waals surface area (Å²) < 4.78 is 23.0. The SMILES string of the molecule is COc1cc([C@H]2Oc3cc([C@@H]4Oc5cc(O)cc(O)c5C(=O)[C@H]4O)ccc3O[C@H]2CO)ccc1O. The molecule has 3 aromatic carbocycles. The van der Waals surface area contributed by atoms with Crippen LogP contribution in [0.25, 0.3) is 0 Å². The molecule has 0 aliphatic carbocycles. The molecule has 3 aromatic rings. The molecule has 4 atom stereocenters. The van der Waals surface area contributed by atoms with Crippen LogP contribution in [0.3, 0.4) is 0 Å². The van der Waals surface area contributed by atoms with Gasteiger partial charge in [-0.25, -0.2) is 0 Å². The summed E-state index contributed by atoms with van der Waals surface area (Å²) in [5, 5.41) is 50.2. The summed E-state index contributed by atoms with van der Waals surface area (Å²) in [5.74, 6) is -0.823. The molecule has 0 spiro atoms. The van der Waals surface area contributed by atoms with Crippen molar-refractivity contribution in [2.45, 2.75) is 24.4 Å². The van der Waals surface area contributed by atoms with Crippen LogP contribution in [0, 0.1) is 0 Å². The molecule has 35 heavy (non-hydrogen) atoms. The average molecular weight is 482 g/mol. The number of aromatic hydroxyl groups is 3. The van der Waals surface area contributed by atoms with Crippen molar-refractivity contribution in [3.63, 3.8) is 0 Å². The largest absolute Gasteiger partial charge is 0.508 e. The number of phenolic OH excluding ortho intramolecular Hbond substituents is 3. The third-order valence-electron chi connectivity index (χ3n) is 6.00. The molecule has 5 N–H and O–H groups in total. The van der Waals surface area contributed by atoms with Gasteiger partial charge >= 0.3 is 0 Å². The second-order valence-electron chi connectivity index (χ2n) is 8.20. The maximum Gasteiger partial charge on any atom is 0.202 e. The molecule has 2 heterocycles. The molecule has 182 valence electrons. The lowest BCUT2D eigenvalue weighted by molar-refractivity contribution is -0.0130. The van der Waals surface area contributed by atoms with Gasteiger partial charge in [0.2, 0.25) is 5.78 Å². The second kappa shape index (κ2) is 8.57. The van der Waals surface area contributed by atoms with Crippen LogP contribution in [-0.2, 0) is 0 Å². The van der Waals surface area contributed by atoms with E-state index in [0.29, 0.717) is 16.9 Å². The van der Waals surface area contributed by atoms with Gasteiger partial charge in [-0.2, -0.15) is 0 Å². The van der Waals surface area contributed by atoms with Crippen molar-refractivity contribution >= 4 is 5.78 Å². The summed E-state index contributed by atoms with van der Waals surface area (Å²) in [6.07, 6.45) is -4.28. The van der Waals surface area contributed by atoms with Crippen LogP contribution in [-0.4, -0.2) is 57.2 Å². The molecular formula is C25H22O10. The van der Waals surface area contributed by atoms with E-state index in [0.717, 1.165) is 6.07 Å². The highest BCUT2D eigenvalue weighted by atomic mass is 16.6. The van der Waals surface area contributed by atoms with Crippen molar-refractivity contribution in [3.05, 3.63) is 65.2 Å². The van der Waals surface area contributed by atoms with Crippen molar-refractivity contribution in [2.75, 3.05) is 13.7 Å². The number of methoxy groups -OCH3 is 1. The van der Waals surface area contributed by atoms with Crippen LogP contribution in [0.15, 0.2) is 48.5 Å². The minimum absolute atomic E-state index is 0.0540. The number of hydrogen-bond acceptors (Lipinski definition) is 10. The summed E-state index contributed by atoms with van der Waals surface area (Å²) in [7, 11) is 1.41. The maximum atomic E-state index is 12.7. The predicted octanol–water partition coefficient (Wildman–Crippen LogP) is 2.36. The number of aliphatic hydroxyl groups excluding tert-OH is 2. The zero-order valence-corrected chi connectivity index (χ0v) is 18.4. The second-order valence-corrected chi connectivity index (χ2v) is 8.20. The number of ether oxygens (including phenoxy) is 4. The summed E-state index contributed by atoms with van der Waals surface area (Å²) in [6.45, 7) is -0.349. The van der Waals surface area contributed by atoms with Crippen molar-refractivity contribution in [1.29, 1.82) is 0 Å². The predicted molar refractivity (Wildman–Crippen MR) is 119 cm³/mol. The van der Waals surface area contributed by atoms with Gasteiger partial charge in [0.25, 0.3) is 0 Å². The number of carbonyl (C=O) groups excluding carboxylic acids is 1. The Balaban J connectivity index is 1.49. The van der Waals surface area contributed by atoms with E-state index in [1.807, 2.05) is 0 Å². The van der Waals surface area contributed by atoms with Crippen LogP contribution in [0.5, 0.6) is 40.2 Å². The molecule has 0 saturated heterocycles. The van der Waals surface area contributed by atoms with E-state index in [1.165, 1.54) is 19.2 Å². The number of benzene rings is 3. The topological polar surface area (TPSA) is 155 Å². The third kappa shape index (κ3) is 3.82. The maximum absolute atomic E-state index is 12.7. The summed E-state index contributed by atoms with van der Waals surface area (Å²) in [4.78, 5) is 12.7. The Kier molecular flexibility index (Phi) is 5.54. The van der Waals surface area contributed by atoms with E-state index in [-0.39, 0.29) is 40.9 Å². The summed E-state index contributed by atoms with van der Waals surface area (Å²) >= 11 is 0. The monoisotopic (exact) mass is 482 g/mol. The molecular weight excluding hydrogens is 460 g/mol. The fourth-order valence-electron chi connectivity index (χ4n) is 4.28. The number of fused-ring (bicyclic) bond motifs is 2. The van der Waals surface area contributed by atoms with Gasteiger partial charge in [0.1, 0.15) is 22.8 Å². The average Bonchev–Trinajstić information content (AvgIpc) is 2.85. The normalized spacial score (nSPS) is 22.8. The van der Waals surface area contributed by atoms with Gasteiger partial charge in [-0.15, -0.1) is 0 Å². The number of aliphatic hydroxyl groups is 2. The van der Waals surface area contributed by atoms with E-state index in [9.17, 15) is 30.3 Å². The van der Waals surface area contributed by atoms with Crippen LogP contribution in [0.1, 0.15) is 33.7 Å². The van der Waals surface area contributed by atoms with Gasteiger partial charge in [0.05, 0.1) is 13.7 Å². The fourth-order valence-corrected chi connectivity index (χ4v) is 4.28. The molecule has 0 unspecified atom stereocenters. The molecule has 2 aliphatic rings. The van der Waals surface area contributed by atoms with Crippen molar-refractivity contribution in [2.24, 2.45) is 0 Å². The highest BCUT2D eigenvalue weighted by molar-refractivity contribution is 6.05. The number of rotatable bonds is 4. The molecule has 0 aromatic heterocycles. The zero-order chi connectivity index (χ0) is 24.9. The number of ketones is 1. The van der Waals surface area contributed by atoms with Crippen molar-refractivity contribution in [1.82, 2.24) is 0 Å². The Morgan fingerprint density at radius 3 is 2.29 bits per heavy atom. The summed E-state index contributed by atoms with van der Waals surface area (Å²) in [6, 6.07) is 11.5. The van der Waals surface area contributed by atoms with Crippen LogP contribution in [0.4, 0.5) is 0 Å². The highest BCUT2D eigenvalue weighted by Gasteiger charge is 2.40. The van der Waals surface area contributed by atoms with Crippen LogP contribution in [0.2, 0.25) is 0 Å². The Morgan fingerprint density at radius 1 is 0.829 bits per heavy atom. The molecule has 0 saturated carbocycles. The Morgan fingerprint density at radius 2 is 1.54 bits per heavy atom. The van der Waals surface area contributed by atoms with E-state index in [2.05, 4.69) is 0 Å².